The lowest BCUT2D eigenvalue weighted by Gasteiger charge is -2.21. The van der Waals surface area contributed by atoms with Crippen molar-refractivity contribution in [2.45, 2.75) is 36.8 Å². The summed E-state index contributed by atoms with van der Waals surface area (Å²) in [5, 5.41) is 0. The molecule has 0 aromatic carbocycles. The molecule has 2 nitrogen and oxygen atoms in total. The molecule has 1 heterocycles. The first kappa shape index (κ1) is 13.8. The first-order valence-electron chi connectivity index (χ1n) is 5.18. The van der Waals surface area contributed by atoms with Gasteiger partial charge in [-0.2, -0.15) is 11.8 Å². The molecule has 0 radical (unpaired) electrons. The number of hydrogen-bond donors (Lipinski definition) is 0. The van der Waals surface area contributed by atoms with Gasteiger partial charge in [0, 0.05) is 10.6 Å². The van der Waals surface area contributed by atoms with Gasteiger partial charge in [0.25, 0.3) is 0 Å². The molecule has 0 N–H and O–H groups in total. The van der Waals surface area contributed by atoms with E-state index >= 15 is 0 Å². The van der Waals surface area contributed by atoms with Crippen molar-refractivity contribution in [1.82, 2.24) is 0 Å². The Morgan fingerprint density at radius 3 is 2.33 bits per heavy atom. The molecule has 0 aromatic heterocycles. The van der Waals surface area contributed by atoms with E-state index in [0.717, 1.165) is 17.9 Å². The van der Waals surface area contributed by atoms with Crippen molar-refractivity contribution < 1.29 is 8.42 Å². The van der Waals surface area contributed by atoms with Crippen molar-refractivity contribution in [2.24, 2.45) is 5.92 Å². The number of sulfone groups is 1. The van der Waals surface area contributed by atoms with E-state index in [1.54, 1.807) is 20.8 Å². The summed E-state index contributed by atoms with van der Waals surface area (Å²) in [4.78, 5) is 0.498. The largest absolute Gasteiger partial charge is 0.228 e. The van der Waals surface area contributed by atoms with E-state index in [2.05, 4.69) is 15.9 Å². The van der Waals surface area contributed by atoms with Crippen LogP contribution in [-0.2, 0) is 9.84 Å². The summed E-state index contributed by atoms with van der Waals surface area (Å²) in [7, 11) is -2.94. The molecule has 0 saturated carbocycles. The molecule has 1 aliphatic heterocycles. The fourth-order valence-electron chi connectivity index (χ4n) is 1.45. The topological polar surface area (TPSA) is 34.1 Å². The van der Waals surface area contributed by atoms with Gasteiger partial charge in [0.2, 0.25) is 0 Å². The Hall–Kier alpha value is 0.780. The van der Waals surface area contributed by atoms with Crippen molar-refractivity contribution >= 4 is 37.5 Å². The van der Waals surface area contributed by atoms with Crippen molar-refractivity contribution in [1.29, 1.82) is 0 Å². The van der Waals surface area contributed by atoms with E-state index in [1.807, 2.05) is 11.8 Å². The fraction of sp³-hybridized carbons (Fsp3) is 1.00. The van der Waals surface area contributed by atoms with E-state index in [9.17, 15) is 8.42 Å². The third-order valence-corrected chi connectivity index (χ3v) is 8.21. The van der Waals surface area contributed by atoms with E-state index in [-0.39, 0.29) is 0 Å². The standard InChI is InChI=1S/C10H19BrO2S2/c1-10(2,3)15(12,13)5-4-8-6-14-7-9(8)11/h8-9H,4-7H2,1-3H3. The summed E-state index contributed by atoms with van der Waals surface area (Å²) >= 11 is 5.51. The predicted molar refractivity (Wildman–Crippen MR) is 71.7 cm³/mol. The third kappa shape index (κ3) is 3.63. The molecule has 0 bridgehead atoms. The van der Waals surface area contributed by atoms with E-state index in [1.165, 1.54) is 0 Å². The van der Waals surface area contributed by atoms with E-state index in [4.69, 9.17) is 0 Å². The number of thioether (sulfide) groups is 1. The van der Waals surface area contributed by atoms with Crippen LogP contribution in [0.2, 0.25) is 0 Å². The highest BCUT2D eigenvalue weighted by Crippen LogP contribution is 2.33. The maximum absolute atomic E-state index is 11.9. The summed E-state index contributed by atoms with van der Waals surface area (Å²) in [6.07, 6.45) is 0.794. The first-order valence-corrected chi connectivity index (χ1v) is 8.90. The molecule has 1 fully saturated rings. The minimum absolute atomic E-state index is 0.323. The van der Waals surface area contributed by atoms with Gasteiger partial charge in [-0.25, -0.2) is 8.42 Å². The molecule has 2 unspecified atom stereocenters. The van der Waals surface area contributed by atoms with Gasteiger partial charge >= 0.3 is 0 Å². The zero-order valence-corrected chi connectivity index (χ0v) is 12.7. The summed E-state index contributed by atoms with van der Waals surface area (Å²) in [5.41, 5.74) is 0. The average Bonchev–Trinajstić information content (AvgIpc) is 2.46. The second kappa shape index (κ2) is 4.96. The SMILES string of the molecule is CC(C)(C)S(=O)(=O)CCC1CSCC1Br. The molecular weight excluding hydrogens is 296 g/mol. The highest BCUT2D eigenvalue weighted by atomic mass is 79.9. The molecule has 0 aromatic rings. The van der Waals surface area contributed by atoms with Crippen LogP contribution in [0, 0.1) is 5.92 Å². The minimum Gasteiger partial charge on any atom is -0.228 e. The highest BCUT2D eigenvalue weighted by molar-refractivity contribution is 9.09. The van der Waals surface area contributed by atoms with Crippen molar-refractivity contribution in [3.8, 4) is 0 Å². The van der Waals surface area contributed by atoms with Gasteiger partial charge in [-0.05, 0) is 38.9 Å². The lowest BCUT2D eigenvalue weighted by atomic mass is 10.1. The minimum atomic E-state index is -2.94. The van der Waals surface area contributed by atoms with Gasteiger partial charge in [-0.15, -0.1) is 0 Å². The molecule has 15 heavy (non-hydrogen) atoms. The molecule has 1 rings (SSSR count). The predicted octanol–water partition coefficient (Wildman–Crippen LogP) is 2.72. The van der Waals surface area contributed by atoms with E-state index < -0.39 is 14.6 Å². The maximum atomic E-state index is 11.9. The van der Waals surface area contributed by atoms with Crippen LogP contribution in [-0.4, -0.2) is 35.3 Å². The van der Waals surface area contributed by atoms with Gasteiger partial charge in [-0.3, -0.25) is 0 Å². The van der Waals surface area contributed by atoms with Crippen LogP contribution in [0.4, 0.5) is 0 Å². The monoisotopic (exact) mass is 314 g/mol. The number of alkyl halides is 1. The van der Waals surface area contributed by atoms with Crippen LogP contribution in [0.1, 0.15) is 27.2 Å². The third-order valence-electron chi connectivity index (χ3n) is 2.81. The number of hydrogen-bond acceptors (Lipinski definition) is 3. The zero-order chi connectivity index (χ0) is 11.7. The van der Waals surface area contributed by atoms with Crippen LogP contribution in [0.5, 0.6) is 0 Å². The van der Waals surface area contributed by atoms with Crippen LogP contribution in [0.25, 0.3) is 0 Å². The summed E-state index contributed by atoms with van der Waals surface area (Å²) < 4.78 is 23.2. The summed E-state index contributed by atoms with van der Waals surface area (Å²) in [6.45, 7) is 5.33. The normalized spacial score (nSPS) is 28.3. The van der Waals surface area contributed by atoms with Crippen LogP contribution < -0.4 is 0 Å². The summed E-state index contributed by atoms with van der Waals surface area (Å²) in [6, 6.07) is 0. The molecule has 90 valence electrons. The highest BCUT2D eigenvalue weighted by Gasteiger charge is 2.32. The van der Waals surface area contributed by atoms with Gasteiger partial charge in [-0.1, -0.05) is 15.9 Å². The van der Waals surface area contributed by atoms with Crippen LogP contribution in [0.3, 0.4) is 0 Å². The Bertz CT molecular complexity index is 306. The van der Waals surface area contributed by atoms with Crippen molar-refractivity contribution in [2.75, 3.05) is 17.3 Å². The molecular formula is C10H19BrO2S2. The second-order valence-corrected chi connectivity index (χ2v) is 10.1. The smallest absolute Gasteiger partial charge is 0.155 e. The second-order valence-electron chi connectivity index (χ2n) is 5.03. The Morgan fingerprint density at radius 2 is 1.93 bits per heavy atom. The Morgan fingerprint density at radius 1 is 1.33 bits per heavy atom. The van der Waals surface area contributed by atoms with Gasteiger partial charge in [0.05, 0.1) is 10.5 Å². The van der Waals surface area contributed by atoms with Crippen LogP contribution in [0.15, 0.2) is 0 Å². The molecule has 0 amide bonds. The zero-order valence-electron chi connectivity index (χ0n) is 9.49. The van der Waals surface area contributed by atoms with Gasteiger partial charge in [0.1, 0.15) is 0 Å². The Kier molecular flexibility index (Phi) is 4.58. The number of halogens is 1. The first-order chi connectivity index (χ1) is 6.74. The molecule has 1 saturated heterocycles. The van der Waals surface area contributed by atoms with Crippen molar-refractivity contribution in [3.05, 3.63) is 0 Å². The average molecular weight is 315 g/mol. The molecule has 2 atom stereocenters. The Labute approximate surface area is 106 Å². The quantitative estimate of drug-likeness (QED) is 0.751. The Balaban J connectivity index is 2.50. The van der Waals surface area contributed by atoms with E-state index in [0.29, 0.717) is 16.5 Å². The number of rotatable bonds is 3. The van der Waals surface area contributed by atoms with Gasteiger partial charge in [0.15, 0.2) is 9.84 Å². The molecule has 1 aliphatic rings. The molecule has 5 heteroatoms. The van der Waals surface area contributed by atoms with Gasteiger partial charge < -0.3 is 0 Å². The van der Waals surface area contributed by atoms with Crippen molar-refractivity contribution in [3.63, 3.8) is 0 Å². The fourth-order valence-corrected chi connectivity index (χ4v) is 5.27. The lowest BCUT2D eigenvalue weighted by molar-refractivity contribution is 0.539. The lowest BCUT2D eigenvalue weighted by Crippen LogP contribution is -2.31. The summed E-state index contributed by atoms with van der Waals surface area (Å²) in [5.74, 6) is 3.05. The maximum Gasteiger partial charge on any atom is 0.155 e. The molecule has 0 spiro atoms. The molecule has 0 aliphatic carbocycles. The van der Waals surface area contributed by atoms with Crippen LogP contribution >= 0.6 is 27.7 Å².